The van der Waals surface area contributed by atoms with Gasteiger partial charge in [-0.3, -0.25) is 9.59 Å². The molecule has 1 amide bonds. The Balaban J connectivity index is 1.94. The number of amides is 1. The summed E-state index contributed by atoms with van der Waals surface area (Å²) in [7, 11) is 1.60. The first-order chi connectivity index (χ1) is 10.7. The molecule has 0 bridgehead atoms. The fourth-order valence-corrected chi connectivity index (χ4v) is 2.98. The molecule has 22 heavy (non-hydrogen) atoms. The largest absolute Gasteiger partial charge is 0.497 e. The van der Waals surface area contributed by atoms with E-state index in [1.165, 1.54) is 0 Å². The van der Waals surface area contributed by atoms with Crippen LogP contribution in [0.15, 0.2) is 29.1 Å². The van der Waals surface area contributed by atoms with Crippen LogP contribution in [0, 0.1) is 0 Å². The van der Waals surface area contributed by atoms with Gasteiger partial charge in [-0.15, -0.1) is 0 Å². The summed E-state index contributed by atoms with van der Waals surface area (Å²) in [5.41, 5.74) is 0.458. The summed E-state index contributed by atoms with van der Waals surface area (Å²) in [4.78, 5) is 27.3. The Labute approximate surface area is 128 Å². The number of hydrogen-bond acceptors (Lipinski definition) is 3. The number of benzene rings is 1. The zero-order chi connectivity index (χ0) is 15.3. The molecule has 2 heterocycles. The lowest BCUT2D eigenvalue weighted by Gasteiger charge is -2.31. The molecule has 0 spiro atoms. The summed E-state index contributed by atoms with van der Waals surface area (Å²) in [5.74, 6) is 0.665. The van der Waals surface area contributed by atoms with E-state index in [9.17, 15) is 9.59 Å². The van der Waals surface area contributed by atoms with Crippen LogP contribution in [0.4, 0.5) is 0 Å². The fourth-order valence-electron chi connectivity index (χ4n) is 2.98. The third-order valence-electron chi connectivity index (χ3n) is 4.53. The second-order valence-corrected chi connectivity index (χ2v) is 6.03. The number of nitrogens with zero attached hydrogens (tertiary/aromatic N) is 2. The van der Waals surface area contributed by atoms with Crippen LogP contribution >= 0.6 is 0 Å². The Bertz CT molecular complexity index is 816. The minimum Gasteiger partial charge on any atom is -0.497 e. The van der Waals surface area contributed by atoms with Crippen molar-refractivity contribution in [3.8, 4) is 5.75 Å². The van der Waals surface area contributed by atoms with Crippen molar-refractivity contribution in [1.29, 1.82) is 0 Å². The number of ether oxygens (including phenoxy) is 1. The topological polar surface area (TPSA) is 51.5 Å². The van der Waals surface area contributed by atoms with Gasteiger partial charge in [-0.2, -0.15) is 0 Å². The van der Waals surface area contributed by atoms with Crippen molar-refractivity contribution >= 4 is 16.7 Å². The molecule has 2 fully saturated rings. The smallest absolute Gasteiger partial charge is 0.270 e. The summed E-state index contributed by atoms with van der Waals surface area (Å²) >= 11 is 0. The van der Waals surface area contributed by atoms with Crippen LogP contribution < -0.4 is 10.3 Å². The van der Waals surface area contributed by atoms with Crippen LogP contribution in [-0.2, 0) is 0 Å². The van der Waals surface area contributed by atoms with E-state index in [2.05, 4.69) is 0 Å². The lowest BCUT2D eigenvalue weighted by molar-refractivity contribution is 0.0639. The number of carbonyl (C=O) groups is 1. The molecule has 1 aliphatic heterocycles. The first kappa shape index (κ1) is 13.4. The third kappa shape index (κ3) is 2.00. The van der Waals surface area contributed by atoms with Crippen molar-refractivity contribution in [3.05, 3.63) is 40.3 Å². The predicted molar refractivity (Wildman–Crippen MR) is 83.6 cm³/mol. The standard InChI is InChI=1S/C17H18N2O3/c1-22-13-5-6-14-11(9-13)10-15(17(21)18-7-2-8-18)19(16(14)20)12-3-4-12/h5-6,9-10,12H,2-4,7-8H2,1H3. The highest BCUT2D eigenvalue weighted by Gasteiger charge is 2.32. The minimum atomic E-state index is -0.0634. The zero-order valence-electron chi connectivity index (χ0n) is 12.5. The van der Waals surface area contributed by atoms with Gasteiger partial charge in [-0.25, -0.2) is 0 Å². The summed E-state index contributed by atoms with van der Waals surface area (Å²) in [6, 6.07) is 7.42. The van der Waals surface area contributed by atoms with Crippen molar-refractivity contribution < 1.29 is 9.53 Å². The normalized spacial score (nSPS) is 17.4. The summed E-state index contributed by atoms with van der Waals surface area (Å²) in [6.45, 7) is 1.57. The maximum Gasteiger partial charge on any atom is 0.270 e. The Morgan fingerprint density at radius 1 is 1.23 bits per heavy atom. The van der Waals surface area contributed by atoms with Crippen molar-refractivity contribution in [2.24, 2.45) is 0 Å². The molecular weight excluding hydrogens is 280 g/mol. The number of carbonyl (C=O) groups excluding carboxylic acids is 1. The molecule has 0 N–H and O–H groups in total. The molecule has 1 aromatic carbocycles. The monoisotopic (exact) mass is 298 g/mol. The van der Waals surface area contributed by atoms with Gasteiger partial charge in [0.25, 0.3) is 11.5 Å². The van der Waals surface area contributed by atoms with Gasteiger partial charge in [-0.1, -0.05) is 0 Å². The van der Waals surface area contributed by atoms with Gasteiger partial charge in [0, 0.05) is 24.5 Å². The second kappa shape index (κ2) is 4.87. The summed E-state index contributed by atoms with van der Waals surface area (Å²) in [6.07, 6.45) is 2.99. The van der Waals surface area contributed by atoms with E-state index in [1.807, 2.05) is 12.1 Å². The molecule has 1 saturated heterocycles. The highest BCUT2D eigenvalue weighted by molar-refractivity contribution is 5.97. The minimum absolute atomic E-state index is 0.0278. The Kier molecular flexibility index (Phi) is 2.96. The number of methoxy groups -OCH3 is 1. The van der Waals surface area contributed by atoms with Crippen molar-refractivity contribution in [1.82, 2.24) is 9.47 Å². The average Bonchev–Trinajstić information content (AvgIpc) is 3.29. The van der Waals surface area contributed by atoms with Gasteiger partial charge in [0.1, 0.15) is 11.4 Å². The lowest BCUT2D eigenvalue weighted by Crippen LogP contribution is -2.44. The molecule has 1 saturated carbocycles. The average molecular weight is 298 g/mol. The van der Waals surface area contributed by atoms with Gasteiger partial charge < -0.3 is 14.2 Å². The number of pyridine rings is 1. The lowest BCUT2D eigenvalue weighted by atomic mass is 10.1. The second-order valence-electron chi connectivity index (χ2n) is 6.03. The van der Waals surface area contributed by atoms with E-state index < -0.39 is 0 Å². The third-order valence-corrected chi connectivity index (χ3v) is 4.53. The van der Waals surface area contributed by atoms with Crippen LogP contribution in [-0.4, -0.2) is 35.6 Å². The molecule has 1 aromatic heterocycles. The van der Waals surface area contributed by atoms with Gasteiger partial charge in [0.05, 0.1) is 7.11 Å². The molecule has 1 aliphatic carbocycles. The molecule has 2 aliphatic rings. The summed E-state index contributed by atoms with van der Waals surface area (Å²) in [5, 5.41) is 1.41. The van der Waals surface area contributed by atoms with Crippen LogP contribution in [0.3, 0.4) is 0 Å². The number of fused-ring (bicyclic) bond motifs is 1. The number of likely N-dealkylation sites (tertiary alicyclic amines) is 1. The Morgan fingerprint density at radius 3 is 2.59 bits per heavy atom. The summed E-state index contributed by atoms with van der Waals surface area (Å²) < 4.78 is 6.93. The van der Waals surface area contributed by atoms with Crippen molar-refractivity contribution in [3.63, 3.8) is 0 Å². The Morgan fingerprint density at radius 2 is 2.00 bits per heavy atom. The van der Waals surface area contributed by atoms with Gasteiger partial charge >= 0.3 is 0 Å². The van der Waals surface area contributed by atoms with Crippen LogP contribution in [0.25, 0.3) is 10.8 Å². The number of rotatable bonds is 3. The van der Waals surface area contributed by atoms with E-state index in [0.29, 0.717) is 16.8 Å². The maximum absolute atomic E-state index is 12.8. The zero-order valence-corrected chi connectivity index (χ0v) is 12.5. The highest BCUT2D eigenvalue weighted by Crippen LogP contribution is 2.36. The van der Waals surface area contributed by atoms with Crippen LogP contribution in [0.5, 0.6) is 5.75 Å². The quantitative estimate of drug-likeness (QED) is 0.873. The van der Waals surface area contributed by atoms with E-state index in [1.54, 1.807) is 28.7 Å². The molecule has 5 nitrogen and oxygen atoms in total. The van der Waals surface area contributed by atoms with E-state index in [0.717, 1.165) is 37.7 Å². The van der Waals surface area contributed by atoms with Gasteiger partial charge in [-0.05, 0) is 48.9 Å². The molecule has 114 valence electrons. The number of aromatic nitrogens is 1. The van der Waals surface area contributed by atoms with Gasteiger partial charge in [0.2, 0.25) is 0 Å². The van der Waals surface area contributed by atoms with E-state index >= 15 is 0 Å². The van der Waals surface area contributed by atoms with Crippen molar-refractivity contribution in [2.45, 2.75) is 25.3 Å². The highest BCUT2D eigenvalue weighted by atomic mass is 16.5. The van der Waals surface area contributed by atoms with E-state index in [4.69, 9.17) is 4.74 Å². The molecular formula is C17H18N2O3. The van der Waals surface area contributed by atoms with Crippen molar-refractivity contribution in [2.75, 3.05) is 20.2 Å². The maximum atomic E-state index is 12.8. The molecule has 0 atom stereocenters. The molecule has 0 unspecified atom stereocenters. The first-order valence-corrected chi connectivity index (χ1v) is 7.71. The first-order valence-electron chi connectivity index (χ1n) is 7.71. The SMILES string of the molecule is COc1ccc2c(=O)n(C3CC3)c(C(=O)N3CCC3)cc2c1. The molecule has 5 heteroatoms. The Hall–Kier alpha value is -2.30. The number of hydrogen-bond donors (Lipinski definition) is 0. The molecule has 0 radical (unpaired) electrons. The fraction of sp³-hybridized carbons (Fsp3) is 0.412. The van der Waals surface area contributed by atoms with Gasteiger partial charge in [0.15, 0.2) is 0 Å². The van der Waals surface area contributed by atoms with E-state index in [-0.39, 0.29) is 17.5 Å². The predicted octanol–water partition coefficient (Wildman–Crippen LogP) is 2.19. The molecule has 4 rings (SSSR count). The van der Waals surface area contributed by atoms with Crippen LogP contribution in [0.2, 0.25) is 0 Å². The molecule has 2 aromatic rings. The van der Waals surface area contributed by atoms with Crippen LogP contribution in [0.1, 0.15) is 35.8 Å².